The quantitative estimate of drug-likeness (QED) is 0.123. The van der Waals surface area contributed by atoms with Crippen LogP contribution in [0.1, 0.15) is 47.3 Å². The fourth-order valence-electron chi connectivity index (χ4n) is 6.35. The number of carbonyl (C=O) groups excluding carboxylic acids is 3. The van der Waals surface area contributed by atoms with E-state index in [4.69, 9.17) is 9.47 Å². The number of Topliss-reactive ketones (excluding diaryl/α,β-unsaturated/α-hetero) is 1. The van der Waals surface area contributed by atoms with Crippen LogP contribution in [0, 0.1) is 5.92 Å². The lowest BCUT2D eigenvalue weighted by Crippen LogP contribution is -2.46. The number of hydrogen-bond acceptors (Lipinski definition) is 8. The monoisotopic (exact) mass is 696 g/mol. The van der Waals surface area contributed by atoms with E-state index in [9.17, 15) is 14.4 Å². The number of thiazole rings is 1. The highest BCUT2D eigenvalue weighted by molar-refractivity contribution is 7.09. The Morgan fingerprint density at radius 1 is 0.800 bits per heavy atom. The third-order valence-corrected chi connectivity index (χ3v) is 9.78. The summed E-state index contributed by atoms with van der Waals surface area (Å²) in [6.45, 7) is 3.86. The van der Waals surface area contributed by atoms with E-state index in [2.05, 4.69) is 44.8 Å². The van der Waals surface area contributed by atoms with Gasteiger partial charge in [-0.15, -0.1) is 11.3 Å². The zero-order chi connectivity index (χ0) is 34.8. The number of hydrogen-bond donors (Lipinski definition) is 2. The van der Waals surface area contributed by atoms with Gasteiger partial charge in [-0.2, -0.15) is 0 Å². The van der Waals surface area contributed by atoms with Crippen LogP contribution in [0.2, 0.25) is 0 Å². The van der Waals surface area contributed by atoms with Gasteiger partial charge in [-0.1, -0.05) is 91.0 Å². The van der Waals surface area contributed by atoms with E-state index < -0.39 is 12.1 Å². The lowest BCUT2D eigenvalue weighted by molar-refractivity contribution is -0.128. The normalized spacial score (nSPS) is 15.0. The molecule has 0 spiro atoms. The van der Waals surface area contributed by atoms with Crippen molar-refractivity contribution in [1.82, 2.24) is 20.5 Å². The molecule has 2 amide bonds. The van der Waals surface area contributed by atoms with Gasteiger partial charge in [-0.05, 0) is 54.7 Å². The summed E-state index contributed by atoms with van der Waals surface area (Å²) in [5, 5.41) is 6.19. The van der Waals surface area contributed by atoms with Gasteiger partial charge in [-0.3, -0.25) is 19.5 Å². The summed E-state index contributed by atoms with van der Waals surface area (Å²) >= 11 is 1.44. The summed E-state index contributed by atoms with van der Waals surface area (Å²) in [5.74, 6) is -0.104. The molecule has 50 heavy (non-hydrogen) atoms. The van der Waals surface area contributed by atoms with Crippen LogP contribution in [0.5, 0.6) is 0 Å². The van der Waals surface area contributed by atoms with E-state index in [0.717, 1.165) is 34.7 Å². The van der Waals surface area contributed by atoms with Crippen molar-refractivity contribution in [2.24, 2.45) is 5.92 Å². The van der Waals surface area contributed by atoms with Crippen molar-refractivity contribution in [1.29, 1.82) is 0 Å². The highest BCUT2D eigenvalue weighted by atomic mass is 32.1. The maximum absolute atomic E-state index is 14.2. The van der Waals surface area contributed by atoms with E-state index in [-0.39, 0.29) is 36.7 Å². The molecule has 3 aromatic carbocycles. The molecular formula is C40H48N4O5S. The Morgan fingerprint density at radius 3 is 2.08 bits per heavy atom. The van der Waals surface area contributed by atoms with E-state index in [1.165, 1.54) is 11.3 Å². The van der Waals surface area contributed by atoms with Crippen LogP contribution in [0.25, 0.3) is 0 Å². The Labute approximate surface area is 299 Å². The number of nitrogens with zero attached hydrogens (tertiary/aromatic N) is 2. The largest absolute Gasteiger partial charge is 0.444 e. The molecule has 1 aliphatic rings. The number of rotatable bonds is 19. The molecule has 3 atom stereocenters. The van der Waals surface area contributed by atoms with Crippen molar-refractivity contribution in [3.63, 3.8) is 0 Å². The molecule has 10 heteroatoms. The van der Waals surface area contributed by atoms with Crippen LogP contribution in [0.3, 0.4) is 0 Å². The Kier molecular flexibility index (Phi) is 15.0. The third-order valence-electron chi connectivity index (χ3n) is 9.03. The van der Waals surface area contributed by atoms with Gasteiger partial charge < -0.3 is 20.1 Å². The maximum Gasteiger partial charge on any atom is 0.407 e. The number of benzene rings is 3. The molecule has 9 nitrogen and oxygen atoms in total. The van der Waals surface area contributed by atoms with Crippen molar-refractivity contribution in [2.45, 2.75) is 63.6 Å². The minimum absolute atomic E-state index is 0.00935. The molecule has 5 rings (SSSR count). The van der Waals surface area contributed by atoms with Gasteiger partial charge in [0.25, 0.3) is 0 Å². The molecule has 0 radical (unpaired) electrons. The number of alkyl carbamates (subject to hydrolysis) is 1. The molecule has 264 valence electrons. The molecule has 1 fully saturated rings. The second-order valence-electron chi connectivity index (χ2n) is 12.9. The molecule has 0 unspecified atom stereocenters. The molecule has 1 aromatic heterocycles. The molecule has 1 aliphatic heterocycles. The number of aromatic nitrogens is 1. The highest BCUT2D eigenvalue weighted by Crippen LogP contribution is 2.22. The number of morpholine rings is 1. The number of ether oxygens (including phenoxy) is 2. The van der Waals surface area contributed by atoms with E-state index in [1.807, 2.05) is 66.7 Å². The molecule has 4 aromatic rings. The van der Waals surface area contributed by atoms with Crippen LogP contribution < -0.4 is 10.6 Å². The van der Waals surface area contributed by atoms with E-state index >= 15 is 0 Å². The van der Waals surface area contributed by atoms with Crippen molar-refractivity contribution in [2.75, 3.05) is 32.8 Å². The SMILES string of the molecule is O=C(Cc1ccccc1)N[C@@H](CCN1CCOCC1)C(=O)C[C@H](CC[C@H](Cc1ccccc1)NC(=O)OCc1cncs1)Cc1ccccc1. The number of carbonyl (C=O) groups is 3. The lowest BCUT2D eigenvalue weighted by Gasteiger charge is -2.29. The second kappa shape index (κ2) is 20.3. The summed E-state index contributed by atoms with van der Waals surface area (Å²) in [4.78, 5) is 47.5. The van der Waals surface area contributed by atoms with Gasteiger partial charge in [0, 0.05) is 38.3 Å². The summed E-state index contributed by atoms with van der Waals surface area (Å²) < 4.78 is 11.0. The third kappa shape index (κ3) is 13.2. The summed E-state index contributed by atoms with van der Waals surface area (Å²) in [6, 6.07) is 29.1. The van der Waals surface area contributed by atoms with Gasteiger partial charge in [0.1, 0.15) is 6.61 Å². The van der Waals surface area contributed by atoms with Gasteiger partial charge in [-0.25, -0.2) is 4.79 Å². The van der Waals surface area contributed by atoms with Crippen molar-refractivity contribution in [3.05, 3.63) is 124 Å². The standard InChI is InChI=1S/C40H48N4O5S/c45-38(37(18-19-44-20-22-48-23-21-44)43-39(46)27-33-14-8-3-9-15-33)26-34(24-31-10-4-1-5-11-31)16-17-35(25-32-12-6-2-7-13-32)42-40(47)49-29-36-28-41-30-50-36/h1-15,28,30,34-35,37H,16-27,29H2,(H,42,47)(H,43,46)/t34-,35-,37+/m1/s1. The van der Waals surface area contributed by atoms with E-state index in [1.54, 1.807) is 11.7 Å². The first kappa shape index (κ1) is 36.9. The minimum atomic E-state index is -0.590. The smallest absolute Gasteiger partial charge is 0.407 e. The van der Waals surface area contributed by atoms with E-state index in [0.29, 0.717) is 58.3 Å². The Bertz CT molecular complexity index is 1570. The molecular weight excluding hydrogens is 649 g/mol. The number of amides is 2. The van der Waals surface area contributed by atoms with Crippen molar-refractivity contribution >= 4 is 29.1 Å². The minimum Gasteiger partial charge on any atom is -0.444 e. The Balaban J connectivity index is 1.27. The first-order valence-corrected chi connectivity index (χ1v) is 18.4. The van der Waals surface area contributed by atoms with Crippen LogP contribution >= 0.6 is 11.3 Å². The Morgan fingerprint density at radius 2 is 1.44 bits per heavy atom. The predicted octanol–water partition coefficient (Wildman–Crippen LogP) is 6.03. The second-order valence-corrected chi connectivity index (χ2v) is 13.9. The maximum atomic E-state index is 14.2. The van der Waals surface area contributed by atoms with Crippen molar-refractivity contribution in [3.8, 4) is 0 Å². The Hall–Kier alpha value is -4.38. The average molecular weight is 697 g/mol. The number of nitrogens with one attached hydrogen (secondary N) is 2. The van der Waals surface area contributed by atoms with Gasteiger partial charge >= 0.3 is 6.09 Å². The first-order valence-electron chi connectivity index (χ1n) is 17.5. The molecule has 0 saturated carbocycles. The summed E-state index contributed by atoms with van der Waals surface area (Å²) in [7, 11) is 0. The molecule has 2 heterocycles. The molecule has 0 aliphatic carbocycles. The van der Waals surface area contributed by atoms with Crippen LogP contribution in [0.15, 0.2) is 103 Å². The average Bonchev–Trinajstić information content (AvgIpc) is 3.67. The van der Waals surface area contributed by atoms with Crippen molar-refractivity contribution < 1.29 is 23.9 Å². The zero-order valence-corrected chi connectivity index (χ0v) is 29.4. The van der Waals surface area contributed by atoms with Gasteiger partial charge in [0.15, 0.2) is 5.78 Å². The summed E-state index contributed by atoms with van der Waals surface area (Å²) in [5.41, 5.74) is 4.89. The van der Waals surface area contributed by atoms with Crippen LogP contribution in [-0.4, -0.2) is 72.6 Å². The fraction of sp³-hybridized carbons (Fsp3) is 0.400. The van der Waals surface area contributed by atoms with Crippen LogP contribution in [-0.2, 0) is 44.9 Å². The fourth-order valence-corrected chi connectivity index (χ4v) is 6.85. The van der Waals surface area contributed by atoms with Gasteiger partial charge in [0.05, 0.1) is 36.1 Å². The van der Waals surface area contributed by atoms with Gasteiger partial charge in [0.2, 0.25) is 5.91 Å². The van der Waals surface area contributed by atoms with Crippen LogP contribution in [0.4, 0.5) is 4.79 Å². The topological polar surface area (TPSA) is 110 Å². The molecule has 2 N–H and O–H groups in total. The molecule has 1 saturated heterocycles. The first-order chi connectivity index (χ1) is 24.5. The molecule has 0 bridgehead atoms. The number of ketones is 1. The lowest BCUT2D eigenvalue weighted by atomic mass is 9.86. The highest BCUT2D eigenvalue weighted by Gasteiger charge is 2.26. The zero-order valence-electron chi connectivity index (χ0n) is 28.6. The predicted molar refractivity (Wildman–Crippen MR) is 196 cm³/mol. The summed E-state index contributed by atoms with van der Waals surface area (Å²) in [6.07, 6.45) is 5.04.